The van der Waals surface area contributed by atoms with E-state index in [2.05, 4.69) is 16.0 Å². The molecule has 0 aromatic heterocycles. The van der Waals surface area contributed by atoms with Crippen LogP contribution in [-0.2, 0) is 30.5 Å². The molecule has 0 aliphatic heterocycles. The first-order valence-corrected chi connectivity index (χ1v) is 12.3. The molecule has 10 nitrogen and oxygen atoms in total. The molecule has 11 heteroatoms. The summed E-state index contributed by atoms with van der Waals surface area (Å²) < 4.78 is 18.1. The standard InChI is InChI=1S/C26H38FN3O7/c1-6-17(5)21(30-26(36)37-14-18-9-7-16(4)8-10-18)24(33)29-20(13-15(2)3)23(32)28-19(11-12-27)22(31)25(34)35/h7-10,15,17,19-21H,6,11-14H2,1-5H3,(H,28,32)(H,29,33)(H,30,36)(H,34,35)/t17-,19?,20?,21?/m0/s1. The van der Waals surface area contributed by atoms with E-state index in [-0.39, 0.29) is 24.9 Å². The van der Waals surface area contributed by atoms with Gasteiger partial charge in [0, 0.05) is 6.42 Å². The second-order valence-corrected chi connectivity index (χ2v) is 9.47. The lowest BCUT2D eigenvalue weighted by Crippen LogP contribution is -2.57. The predicted molar refractivity (Wildman–Crippen MR) is 134 cm³/mol. The third kappa shape index (κ3) is 11.0. The average Bonchev–Trinajstić information content (AvgIpc) is 2.84. The Labute approximate surface area is 216 Å². The van der Waals surface area contributed by atoms with Crippen molar-refractivity contribution in [2.75, 3.05) is 6.67 Å². The maximum atomic E-state index is 13.2. The smallest absolute Gasteiger partial charge is 0.408 e. The van der Waals surface area contributed by atoms with Crippen LogP contribution in [0.3, 0.4) is 0 Å². The Bertz CT molecular complexity index is 937. The summed E-state index contributed by atoms with van der Waals surface area (Å²) in [5, 5.41) is 16.3. The number of halogens is 1. The van der Waals surface area contributed by atoms with E-state index in [1.807, 2.05) is 38.1 Å². The number of carbonyl (C=O) groups excluding carboxylic acids is 4. The van der Waals surface area contributed by atoms with Crippen LogP contribution in [0, 0.1) is 18.8 Å². The second-order valence-electron chi connectivity index (χ2n) is 9.47. The van der Waals surface area contributed by atoms with E-state index in [1.165, 1.54) is 0 Å². The van der Waals surface area contributed by atoms with Gasteiger partial charge in [-0.3, -0.25) is 18.8 Å². The van der Waals surface area contributed by atoms with Crippen LogP contribution in [0.5, 0.6) is 0 Å². The van der Waals surface area contributed by atoms with Gasteiger partial charge in [-0.15, -0.1) is 0 Å². The number of Topliss-reactive ketones (excluding diaryl/α,β-unsaturated/α-hetero) is 1. The summed E-state index contributed by atoms with van der Waals surface area (Å²) in [6, 6.07) is 3.67. The maximum absolute atomic E-state index is 13.2. The fraction of sp³-hybridized carbons (Fsp3) is 0.577. The quantitative estimate of drug-likeness (QED) is 0.258. The summed E-state index contributed by atoms with van der Waals surface area (Å²) in [5.41, 5.74) is 1.84. The van der Waals surface area contributed by atoms with Crippen molar-refractivity contribution in [2.45, 2.75) is 78.6 Å². The highest BCUT2D eigenvalue weighted by Crippen LogP contribution is 2.12. The molecule has 0 saturated heterocycles. The third-order valence-electron chi connectivity index (χ3n) is 5.84. The minimum Gasteiger partial charge on any atom is -0.475 e. The van der Waals surface area contributed by atoms with Gasteiger partial charge in [0.1, 0.15) is 24.7 Å². The largest absolute Gasteiger partial charge is 0.475 e. The number of alkyl halides is 1. The molecule has 0 bridgehead atoms. The molecule has 0 saturated carbocycles. The van der Waals surface area contributed by atoms with Gasteiger partial charge in [-0.05, 0) is 30.7 Å². The minimum absolute atomic E-state index is 0.00685. The van der Waals surface area contributed by atoms with Gasteiger partial charge in [0.2, 0.25) is 11.8 Å². The average molecular weight is 524 g/mol. The van der Waals surface area contributed by atoms with Crippen LogP contribution in [0.25, 0.3) is 0 Å². The van der Waals surface area contributed by atoms with E-state index in [0.717, 1.165) is 11.1 Å². The highest BCUT2D eigenvalue weighted by atomic mass is 19.1. The number of alkyl carbamates (subject to hydrolysis) is 1. The van der Waals surface area contributed by atoms with E-state index in [4.69, 9.17) is 9.84 Å². The molecular weight excluding hydrogens is 485 g/mol. The van der Waals surface area contributed by atoms with E-state index in [9.17, 15) is 28.4 Å². The molecule has 206 valence electrons. The molecule has 0 aliphatic rings. The Morgan fingerprint density at radius 2 is 1.54 bits per heavy atom. The third-order valence-corrected chi connectivity index (χ3v) is 5.84. The summed E-state index contributed by atoms with van der Waals surface area (Å²) in [6.07, 6.45) is -0.626. The molecule has 0 heterocycles. The number of carboxylic acids is 1. The molecule has 3 amide bonds. The number of rotatable bonds is 15. The van der Waals surface area contributed by atoms with Gasteiger partial charge in [-0.25, -0.2) is 9.59 Å². The van der Waals surface area contributed by atoms with Crippen molar-refractivity contribution >= 4 is 29.7 Å². The van der Waals surface area contributed by atoms with Crippen LogP contribution < -0.4 is 16.0 Å². The molecule has 1 aromatic rings. The predicted octanol–water partition coefficient (Wildman–Crippen LogP) is 2.66. The zero-order valence-corrected chi connectivity index (χ0v) is 22.0. The lowest BCUT2D eigenvalue weighted by Gasteiger charge is -2.27. The number of carboxylic acid groups (broad SMARTS) is 1. The van der Waals surface area contributed by atoms with Crippen molar-refractivity contribution < 1.29 is 38.2 Å². The second kappa shape index (κ2) is 15.6. The number of nitrogens with one attached hydrogen (secondary N) is 3. The number of amides is 3. The lowest BCUT2D eigenvalue weighted by molar-refractivity contribution is -0.150. The molecule has 37 heavy (non-hydrogen) atoms. The van der Waals surface area contributed by atoms with E-state index < -0.39 is 60.9 Å². The molecule has 1 aromatic carbocycles. The van der Waals surface area contributed by atoms with Crippen LogP contribution in [-0.4, -0.2) is 59.6 Å². The number of ether oxygens (including phenoxy) is 1. The van der Waals surface area contributed by atoms with Crippen LogP contribution in [0.15, 0.2) is 24.3 Å². The van der Waals surface area contributed by atoms with Crippen LogP contribution >= 0.6 is 0 Å². The van der Waals surface area contributed by atoms with Crippen molar-refractivity contribution in [3.05, 3.63) is 35.4 Å². The molecule has 1 rings (SSSR count). The Balaban J connectivity index is 2.95. The fourth-order valence-electron chi connectivity index (χ4n) is 3.47. The summed E-state index contributed by atoms with van der Waals surface area (Å²) in [6.45, 7) is 8.13. The molecule has 4 atom stereocenters. The number of hydrogen-bond donors (Lipinski definition) is 4. The number of aryl methyl sites for hydroxylation is 1. The van der Waals surface area contributed by atoms with Gasteiger partial charge in [0.25, 0.3) is 5.78 Å². The first kappa shape index (κ1) is 31.5. The number of hydrogen-bond acceptors (Lipinski definition) is 6. The zero-order valence-electron chi connectivity index (χ0n) is 22.0. The SMILES string of the molecule is CC[C@H](C)C(NC(=O)OCc1ccc(C)cc1)C(=O)NC(CC(C)C)C(=O)NC(CCF)C(=O)C(=O)O. The number of aliphatic carboxylic acids is 1. The van der Waals surface area contributed by atoms with Gasteiger partial charge in [-0.2, -0.15) is 0 Å². The summed E-state index contributed by atoms with van der Waals surface area (Å²) >= 11 is 0. The molecule has 3 unspecified atom stereocenters. The molecular formula is C26H38FN3O7. The Hall–Kier alpha value is -3.50. The topological polar surface area (TPSA) is 151 Å². The van der Waals surface area contributed by atoms with Crippen molar-refractivity contribution in [1.29, 1.82) is 0 Å². The number of ketones is 1. The maximum Gasteiger partial charge on any atom is 0.408 e. The Kier molecular flexibility index (Phi) is 13.3. The van der Waals surface area contributed by atoms with Crippen molar-refractivity contribution in [3.63, 3.8) is 0 Å². The summed E-state index contributed by atoms with van der Waals surface area (Å²) in [7, 11) is 0. The molecule has 4 N–H and O–H groups in total. The van der Waals surface area contributed by atoms with Crippen molar-refractivity contribution in [2.24, 2.45) is 11.8 Å². The van der Waals surface area contributed by atoms with Gasteiger partial charge >= 0.3 is 12.1 Å². The van der Waals surface area contributed by atoms with Crippen molar-refractivity contribution in [1.82, 2.24) is 16.0 Å². The Morgan fingerprint density at radius 3 is 2.05 bits per heavy atom. The summed E-state index contributed by atoms with van der Waals surface area (Å²) in [5.74, 6) is -5.00. The molecule has 0 fully saturated rings. The van der Waals surface area contributed by atoms with E-state index in [1.54, 1.807) is 20.8 Å². The summed E-state index contributed by atoms with van der Waals surface area (Å²) in [4.78, 5) is 61.4. The highest BCUT2D eigenvalue weighted by molar-refractivity contribution is 6.35. The minimum atomic E-state index is -1.80. The normalized spacial score (nSPS) is 14.1. The van der Waals surface area contributed by atoms with E-state index in [0.29, 0.717) is 6.42 Å². The fourth-order valence-corrected chi connectivity index (χ4v) is 3.47. The molecule has 0 aliphatic carbocycles. The van der Waals surface area contributed by atoms with Gasteiger partial charge in [-0.1, -0.05) is 63.9 Å². The Morgan fingerprint density at radius 1 is 0.946 bits per heavy atom. The van der Waals surface area contributed by atoms with Crippen LogP contribution in [0.1, 0.15) is 58.1 Å². The first-order chi connectivity index (χ1) is 17.4. The zero-order chi connectivity index (χ0) is 28.1. The lowest BCUT2D eigenvalue weighted by atomic mass is 9.96. The highest BCUT2D eigenvalue weighted by Gasteiger charge is 2.33. The first-order valence-electron chi connectivity index (χ1n) is 12.3. The van der Waals surface area contributed by atoms with Crippen LogP contribution in [0.2, 0.25) is 0 Å². The number of carbonyl (C=O) groups is 5. The van der Waals surface area contributed by atoms with Gasteiger partial charge in [0.05, 0.1) is 6.67 Å². The van der Waals surface area contributed by atoms with Crippen LogP contribution in [0.4, 0.5) is 9.18 Å². The van der Waals surface area contributed by atoms with Gasteiger partial charge in [0.15, 0.2) is 0 Å². The number of benzene rings is 1. The monoisotopic (exact) mass is 523 g/mol. The van der Waals surface area contributed by atoms with Gasteiger partial charge < -0.3 is 25.8 Å². The molecule has 0 radical (unpaired) electrons. The molecule has 0 spiro atoms. The van der Waals surface area contributed by atoms with Crippen molar-refractivity contribution in [3.8, 4) is 0 Å². The van der Waals surface area contributed by atoms with E-state index >= 15 is 0 Å².